The fraction of sp³-hybridized carbons (Fsp3) is 0.333. The summed E-state index contributed by atoms with van der Waals surface area (Å²) in [5.41, 5.74) is 5.45. The Labute approximate surface area is 166 Å². The van der Waals surface area contributed by atoms with Crippen molar-refractivity contribution in [2.75, 3.05) is 5.32 Å². The van der Waals surface area contributed by atoms with Crippen molar-refractivity contribution in [1.82, 2.24) is 10.3 Å². The number of alkyl halides is 3. The number of nitrogens with one attached hydrogen (secondary N) is 3. The molecular formula is C18H16BrF4N4O-. The Morgan fingerprint density at radius 1 is 1.32 bits per heavy atom. The first-order chi connectivity index (χ1) is 13.0. The van der Waals surface area contributed by atoms with Crippen LogP contribution in [-0.4, -0.2) is 16.4 Å². The molecule has 0 radical (unpaired) electrons. The molecule has 1 atom stereocenters. The van der Waals surface area contributed by atoms with Gasteiger partial charge in [0.2, 0.25) is 5.91 Å². The number of carbonyl (C=O) groups is 1. The highest BCUT2D eigenvalue weighted by Gasteiger charge is 2.38. The fourth-order valence-corrected chi connectivity index (χ4v) is 2.97. The second-order valence-corrected chi connectivity index (χ2v) is 7.60. The molecule has 0 aliphatic heterocycles. The van der Waals surface area contributed by atoms with Crippen molar-refractivity contribution in [3.63, 3.8) is 0 Å². The number of aromatic nitrogens is 1. The number of anilines is 2. The Morgan fingerprint density at radius 2 is 2.00 bits per heavy atom. The van der Waals surface area contributed by atoms with Crippen LogP contribution in [0.2, 0.25) is 0 Å². The monoisotopic (exact) mass is 459 g/mol. The normalized spacial score (nSPS) is 16.4. The summed E-state index contributed by atoms with van der Waals surface area (Å²) in [4.78, 5) is 15.9. The Balaban J connectivity index is 1.79. The van der Waals surface area contributed by atoms with Crippen LogP contribution in [0.4, 0.5) is 28.9 Å². The molecule has 1 unspecified atom stereocenters. The minimum atomic E-state index is -4.59. The molecule has 10 heteroatoms. The van der Waals surface area contributed by atoms with Crippen molar-refractivity contribution < 1.29 is 22.4 Å². The van der Waals surface area contributed by atoms with Gasteiger partial charge >= 0.3 is 6.18 Å². The van der Waals surface area contributed by atoms with Gasteiger partial charge in [0.25, 0.3) is 0 Å². The van der Waals surface area contributed by atoms with Crippen LogP contribution in [0.1, 0.15) is 37.1 Å². The molecule has 1 aliphatic rings. The summed E-state index contributed by atoms with van der Waals surface area (Å²) < 4.78 is 54.3. The van der Waals surface area contributed by atoms with Crippen LogP contribution in [-0.2, 0) is 11.0 Å². The van der Waals surface area contributed by atoms with Crippen LogP contribution in [0.3, 0.4) is 0 Å². The minimum absolute atomic E-state index is 0.0340. The van der Waals surface area contributed by atoms with Gasteiger partial charge in [-0.05, 0) is 30.7 Å². The van der Waals surface area contributed by atoms with Gasteiger partial charge in [-0.1, -0.05) is 28.8 Å². The molecule has 1 aliphatic carbocycles. The largest absolute Gasteiger partial charge is 0.664 e. The molecule has 3 rings (SSSR count). The third-order valence-corrected chi connectivity index (χ3v) is 4.87. The molecule has 1 saturated carbocycles. The lowest BCUT2D eigenvalue weighted by Gasteiger charge is -2.22. The van der Waals surface area contributed by atoms with Crippen molar-refractivity contribution >= 4 is 33.2 Å². The Bertz CT molecular complexity index is 915. The maximum absolute atomic E-state index is 14.4. The number of amides is 1. The molecule has 150 valence electrons. The van der Waals surface area contributed by atoms with E-state index in [4.69, 9.17) is 5.73 Å². The highest BCUT2D eigenvalue weighted by atomic mass is 79.9. The van der Waals surface area contributed by atoms with Crippen LogP contribution in [0.25, 0.3) is 5.73 Å². The molecular weight excluding hydrogens is 444 g/mol. The van der Waals surface area contributed by atoms with Gasteiger partial charge < -0.3 is 16.4 Å². The van der Waals surface area contributed by atoms with Crippen molar-refractivity contribution in [3.8, 4) is 0 Å². The third-order valence-electron chi connectivity index (χ3n) is 4.38. The zero-order valence-electron chi connectivity index (χ0n) is 14.6. The summed E-state index contributed by atoms with van der Waals surface area (Å²) in [6.07, 6.45) is -2.49. The molecule has 1 aromatic carbocycles. The van der Waals surface area contributed by atoms with E-state index in [0.29, 0.717) is 12.8 Å². The van der Waals surface area contributed by atoms with Crippen LogP contribution in [0, 0.1) is 5.82 Å². The van der Waals surface area contributed by atoms with Crippen molar-refractivity contribution in [3.05, 3.63) is 57.7 Å². The van der Waals surface area contributed by atoms with Crippen molar-refractivity contribution in [2.45, 2.75) is 37.5 Å². The molecule has 0 spiro atoms. The van der Waals surface area contributed by atoms with E-state index < -0.39 is 35.0 Å². The SMILES string of the molecule is CC(NC(=O)C1([NH-])CC1)c1ncc(Nc2ccc(Br)cc2C(F)(F)F)cc1F. The average molecular weight is 460 g/mol. The summed E-state index contributed by atoms with van der Waals surface area (Å²) in [6, 6.07) is 3.82. The lowest BCUT2D eigenvalue weighted by atomic mass is 10.1. The van der Waals surface area contributed by atoms with Crippen molar-refractivity contribution in [2.24, 2.45) is 0 Å². The Hall–Kier alpha value is -2.20. The van der Waals surface area contributed by atoms with Crippen LogP contribution in [0.15, 0.2) is 34.9 Å². The van der Waals surface area contributed by atoms with E-state index in [1.54, 1.807) is 0 Å². The molecule has 2 aromatic rings. The first-order valence-electron chi connectivity index (χ1n) is 8.35. The lowest BCUT2D eigenvalue weighted by Crippen LogP contribution is -2.36. The predicted molar refractivity (Wildman–Crippen MR) is 99.5 cm³/mol. The number of carbonyl (C=O) groups excluding carboxylic acids is 1. The van der Waals surface area contributed by atoms with Crippen molar-refractivity contribution in [1.29, 1.82) is 0 Å². The Kier molecular flexibility index (Phi) is 5.37. The molecule has 3 N–H and O–H groups in total. The van der Waals surface area contributed by atoms with E-state index in [2.05, 4.69) is 31.5 Å². The first kappa shape index (κ1) is 20.5. The number of nitrogens with zero attached hydrogens (tertiary/aromatic N) is 1. The smallest absolute Gasteiger partial charge is 0.418 e. The first-order valence-corrected chi connectivity index (χ1v) is 9.14. The number of hydrogen-bond acceptors (Lipinski definition) is 3. The summed E-state index contributed by atoms with van der Waals surface area (Å²) in [7, 11) is 0. The molecule has 1 fully saturated rings. The number of hydrogen-bond donors (Lipinski definition) is 2. The van der Waals surface area contributed by atoms with E-state index in [0.717, 1.165) is 12.1 Å². The van der Waals surface area contributed by atoms with Gasteiger partial charge in [0.1, 0.15) is 5.82 Å². The summed E-state index contributed by atoms with van der Waals surface area (Å²) in [5.74, 6) is -1.27. The number of pyridine rings is 1. The maximum atomic E-state index is 14.4. The number of halogens is 5. The van der Waals surface area contributed by atoms with Gasteiger partial charge in [0, 0.05) is 10.5 Å². The molecule has 28 heavy (non-hydrogen) atoms. The van der Waals surface area contributed by atoms with E-state index in [9.17, 15) is 22.4 Å². The quantitative estimate of drug-likeness (QED) is 0.578. The fourth-order valence-electron chi connectivity index (χ4n) is 2.61. The summed E-state index contributed by atoms with van der Waals surface area (Å²) >= 11 is 3.00. The topological polar surface area (TPSA) is 77.8 Å². The van der Waals surface area contributed by atoms with Gasteiger partial charge in [-0.2, -0.15) is 13.2 Å². The molecule has 0 saturated heterocycles. The highest BCUT2D eigenvalue weighted by molar-refractivity contribution is 9.10. The van der Waals surface area contributed by atoms with Gasteiger partial charge in [-0.25, -0.2) is 4.39 Å². The summed E-state index contributed by atoms with van der Waals surface area (Å²) in [5, 5.41) is 5.07. The second kappa shape index (κ2) is 7.32. The molecule has 0 bridgehead atoms. The molecule has 1 heterocycles. The highest BCUT2D eigenvalue weighted by Crippen LogP contribution is 2.40. The molecule has 1 amide bonds. The van der Waals surface area contributed by atoms with Crippen LogP contribution >= 0.6 is 15.9 Å². The lowest BCUT2D eigenvalue weighted by molar-refractivity contribution is -0.137. The maximum Gasteiger partial charge on any atom is 0.418 e. The van der Waals surface area contributed by atoms with Gasteiger partial charge in [-0.15, -0.1) is 0 Å². The number of benzene rings is 1. The average Bonchev–Trinajstić information content (AvgIpc) is 3.34. The van der Waals surface area contributed by atoms with Crippen LogP contribution < -0.4 is 10.6 Å². The molecule has 5 nitrogen and oxygen atoms in total. The van der Waals surface area contributed by atoms with Gasteiger partial charge in [-0.3, -0.25) is 9.78 Å². The predicted octanol–water partition coefficient (Wildman–Crippen LogP) is 5.51. The van der Waals surface area contributed by atoms with Gasteiger partial charge in [0.15, 0.2) is 0 Å². The summed E-state index contributed by atoms with van der Waals surface area (Å²) in [6.45, 7) is 1.53. The van der Waals surface area contributed by atoms with Crippen LogP contribution in [0.5, 0.6) is 0 Å². The molecule has 1 aromatic heterocycles. The standard InChI is InChI=1S/C18H16BrF4N4O/c1-9(26-16(28)17(24)4-5-17)15-13(20)7-11(8-25-15)27-14-3-2-10(19)6-12(14)18(21,22)23/h2-3,6-9,24,27H,4-5H2,1H3,(H,26,28)/q-1. The third kappa shape index (κ3) is 4.44. The van der Waals surface area contributed by atoms with E-state index in [1.807, 2.05) is 0 Å². The van der Waals surface area contributed by atoms with E-state index in [-0.39, 0.29) is 21.5 Å². The Morgan fingerprint density at radius 3 is 2.57 bits per heavy atom. The van der Waals surface area contributed by atoms with E-state index >= 15 is 0 Å². The number of rotatable bonds is 5. The minimum Gasteiger partial charge on any atom is -0.664 e. The second-order valence-electron chi connectivity index (χ2n) is 6.68. The zero-order chi connectivity index (χ0) is 20.7. The van der Waals surface area contributed by atoms with Gasteiger partial charge in [0.05, 0.1) is 34.9 Å². The zero-order valence-corrected chi connectivity index (χ0v) is 16.2. The van der Waals surface area contributed by atoms with E-state index in [1.165, 1.54) is 25.3 Å².